The summed E-state index contributed by atoms with van der Waals surface area (Å²) in [5, 5.41) is -0.285. The lowest BCUT2D eigenvalue weighted by Gasteiger charge is -2.06. The van der Waals surface area contributed by atoms with E-state index < -0.39 is 0 Å². The van der Waals surface area contributed by atoms with Gasteiger partial charge in [0.1, 0.15) is 0 Å². The van der Waals surface area contributed by atoms with Crippen LogP contribution in [-0.4, -0.2) is 11.2 Å². The molecule has 0 bridgehead atoms. The van der Waals surface area contributed by atoms with Crippen molar-refractivity contribution in [3.8, 4) is 0 Å². The number of hydrogen-bond donors (Lipinski definition) is 0. The summed E-state index contributed by atoms with van der Waals surface area (Å²) in [6.45, 7) is 0. The van der Waals surface area contributed by atoms with Gasteiger partial charge < -0.3 is 0 Å². The number of allylic oxidation sites excluding steroid dienone is 4. The fourth-order valence-corrected chi connectivity index (χ4v) is 1.68. The fourth-order valence-electron chi connectivity index (χ4n) is 1.45. The SMILES string of the molecule is O=C1CC/C=C\CC/C=C\CC[C@H]1Cl. The number of Topliss-reactive ketones (excluding diaryl/α,β-unsaturated/α-hetero) is 1. The minimum Gasteiger partial charge on any atom is -0.298 e. The lowest BCUT2D eigenvalue weighted by atomic mass is 10.1. The van der Waals surface area contributed by atoms with E-state index in [1.807, 2.05) is 0 Å². The zero-order valence-corrected chi connectivity index (χ0v) is 9.17. The van der Waals surface area contributed by atoms with E-state index in [0.717, 1.165) is 32.1 Å². The highest BCUT2D eigenvalue weighted by Crippen LogP contribution is 2.12. The van der Waals surface area contributed by atoms with Gasteiger partial charge in [-0.25, -0.2) is 0 Å². The maximum absolute atomic E-state index is 11.4. The smallest absolute Gasteiger partial charge is 0.150 e. The van der Waals surface area contributed by atoms with Crippen molar-refractivity contribution in [3.05, 3.63) is 24.3 Å². The largest absolute Gasteiger partial charge is 0.298 e. The van der Waals surface area contributed by atoms with Gasteiger partial charge in [-0.3, -0.25) is 4.79 Å². The number of rotatable bonds is 0. The molecule has 0 amide bonds. The molecule has 0 fully saturated rings. The molecule has 0 unspecified atom stereocenters. The number of hydrogen-bond acceptors (Lipinski definition) is 1. The second-order valence-corrected chi connectivity index (χ2v) is 4.10. The molecule has 14 heavy (non-hydrogen) atoms. The third-order valence-electron chi connectivity index (χ3n) is 2.33. The Balaban J connectivity index is 2.45. The number of halogens is 1. The minimum absolute atomic E-state index is 0.185. The van der Waals surface area contributed by atoms with Crippen molar-refractivity contribution in [3.63, 3.8) is 0 Å². The van der Waals surface area contributed by atoms with Crippen LogP contribution in [0.5, 0.6) is 0 Å². The predicted octanol–water partition coefficient (Wildman–Crippen LogP) is 3.63. The van der Waals surface area contributed by atoms with Crippen LogP contribution < -0.4 is 0 Å². The van der Waals surface area contributed by atoms with Crippen LogP contribution in [-0.2, 0) is 4.79 Å². The lowest BCUT2D eigenvalue weighted by molar-refractivity contribution is -0.118. The molecular formula is C12H17ClO. The predicted molar refractivity (Wildman–Crippen MR) is 60.6 cm³/mol. The maximum Gasteiger partial charge on any atom is 0.150 e. The molecule has 0 saturated carbocycles. The van der Waals surface area contributed by atoms with Gasteiger partial charge in [-0.2, -0.15) is 0 Å². The molecule has 0 aromatic rings. The molecule has 0 spiro atoms. The fraction of sp³-hybridized carbons (Fsp3) is 0.583. The van der Waals surface area contributed by atoms with Crippen LogP contribution in [0, 0.1) is 0 Å². The normalized spacial score (nSPS) is 30.1. The Hall–Kier alpha value is -0.560. The average molecular weight is 213 g/mol. The van der Waals surface area contributed by atoms with Gasteiger partial charge in [-0.05, 0) is 32.1 Å². The van der Waals surface area contributed by atoms with Crippen LogP contribution in [0.15, 0.2) is 24.3 Å². The maximum atomic E-state index is 11.4. The first-order valence-corrected chi connectivity index (χ1v) is 5.71. The van der Waals surface area contributed by atoms with Crippen molar-refractivity contribution in [2.45, 2.75) is 43.9 Å². The Bertz CT molecular complexity index is 230. The van der Waals surface area contributed by atoms with Crippen LogP contribution in [0.2, 0.25) is 0 Å². The molecule has 1 rings (SSSR count). The molecule has 1 aliphatic carbocycles. The second-order valence-electron chi connectivity index (χ2n) is 3.57. The Kier molecular flexibility index (Phi) is 5.62. The monoisotopic (exact) mass is 212 g/mol. The highest BCUT2D eigenvalue weighted by atomic mass is 35.5. The lowest BCUT2D eigenvalue weighted by Crippen LogP contribution is -2.13. The Labute approximate surface area is 90.8 Å². The number of alkyl halides is 1. The number of carbonyl (C=O) groups is 1. The topological polar surface area (TPSA) is 17.1 Å². The van der Waals surface area contributed by atoms with E-state index in [4.69, 9.17) is 11.6 Å². The molecule has 1 atom stereocenters. The molecule has 0 aromatic carbocycles. The Morgan fingerprint density at radius 2 is 1.57 bits per heavy atom. The molecular weight excluding hydrogens is 196 g/mol. The molecule has 0 heterocycles. The summed E-state index contributed by atoms with van der Waals surface area (Å²) >= 11 is 5.96. The number of carbonyl (C=O) groups excluding carboxylic acids is 1. The molecule has 0 saturated heterocycles. The summed E-state index contributed by atoms with van der Waals surface area (Å²) in [6, 6.07) is 0. The van der Waals surface area contributed by atoms with Gasteiger partial charge in [0, 0.05) is 6.42 Å². The Morgan fingerprint density at radius 3 is 2.29 bits per heavy atom. The van der Waals surface area contributed by atoms with Crippen molar-refractivity contribution in [2.24, 2.45) is 0 Å². The van der Waals surface area contributed by atoms with Crippen molar-refractivity contribution in [1.82, 2.24) is 0 Å². The van der Waals surface area contributed by atoms with Crippen molar-refractivity contribution >= 4 is 17.4 Å². The molecule has 2 heteroatoms. The van der Waals surface area contributed by atoms with E-state index in [0.29, 0.717) is 6.42 Å². The molecule has 78 valence electrons. The second kappa shape index (κ2) is 6.83. The van der Waals surface area contributed by atoms with Crippen LogP contribution >= 0.6 is 11.6 Å². The third kappa shape index (κ3) is 4.61. The van der Waals surface area contributed by atoms with Crippen LogP contribution in [0.25, 0.3) is 0 Å². The summed E-state index contributed by atoms with van der Waals surface area (Å²) in [5.41, 5.74) is 0. The molecule has 1 aliphatic rings. The van der Waals surface area contributed by atoms with E-state index in [9.17, 15) is 4.79 Å². The summed E-state index contributed by atoms with van der Waals surface area (Å²) in [5.74, 6) is 0.185. The summed E-state index contributed by atoms with van der Waals surface area (Å²) in [4.78, 5) is 11.4. The number of ketones is 1. The van der Waals surface area contributed by atoms with Crippen molar-refractivity contribution < 1.29 is 4.79 Å². The summed E-state index contributed by atoms with van der Waals surface area (Å²) in [6.07, 6.45) is 13.8. The van der Waals surface area contributed by atoms with Crippen LogP contribution in [0.4, 0.5) is 0 Å². The van der Waals surface area contributed by atoms with E-state index in [1.54, 1.807) is 0 Å². The van der Waals surface area contributed by atoms with Gasteiger partial charge in [-0.1, -0.05) is 24.3 Å². The molecule has 0 N–H and O–H groups in total. The first-order chi connectivity index (χ1) is 6.80. The van der Waals surface area contributed by atoms with Gasteiger partial charge in [0.05, 0.1) is 5.38 Å². The highest BCUT2D eigenvalue weighted by molar-refractivity contribution is 6.31. The van der Waals surface area contributed by atoms with E-state index in [1.165, 1.54) is 0 Å². The van der Waals surface area contributed by atoms with Gasteiger partial charge in [0.15, 0.2) is 5.78 Å². The van der Waals surface area contributed by atoms with Crippen LogP contribution in [0.1, 0.15) is 38.5 Å². The summed E-state index contributed by atoms with van der Waals surface area (Å²) < 4.78 is 0. The average Bonchev–Trinajstić information content (AvgIpc) is 2.18. The first-order valence-electron chi connectivity index (χ1n) is 5.27. The molecule has 0 radical (unpaired) electrons. The highest BCUT2D eigenvalue weighted by Gasteiger charge is 2.12. The zero-order valence-electron chi connectivity index (χ0n) is 8.42. The van der Waals surface area contributed by atoms with E-state index >= 15 is 0 Å². The Morgan fingerprint density at radius 1 is 1.00 bits per heavy atom. The molecule has 0 aromatic heterocycles. The van der Waals surface area contributed by atoms with E-state index in [-0.39, 0.29) is 11.2 Å². The van der Waals surface area contributed by atoms with Crippen LogP contribution in [0.3, 0.4) is 0 Å². The first kappa shape index (κ1) is 11.5. The van der Waals surface area contributed by atoms with Crippen molar-refractivity contribution in [1.29, 1.82) is 0 Å². The van der Waals surface area contributed by atoms with Gasteiger partial charge in [-0.15, -0.1) is 11.6 Å². The van der Waals surface area contributed by atoms with Crippen molar-refractivity contribution in [2.75, 3.05) is 0 Å². The minimum atomic E-state index is -0.285. The zero-order chi connectivity index (χ0) is 10.2. The standard InChI is InChI=1S/C12H17ClO/c13-11-9-7-5-3-1-2-4-6-8-10-12(11)14/h3-6,11H,1-2,7-10H2/b5-3-,6-4-/t11-/m1/s1. The third-order valence-corrected chi connectivity index (χ3v) is 2.79. The summed E-state index contributed by atoms with van der Waals surface area (Å²) in [7, 11) is 0. The van der Waals surface area contributed by atoms with Gasteiger partial charge >= 0.3 is 0 Å². The molecule has 1 nitrogen and oxygen atoms in total. The van der Waals surface area contributed by atoms with E-state index in [2.05, 4.69) is 24.3 Å². The quantitative estimate of drug-likeness (QED) is 0.443. The van der Waals surface area contributed by atoms with Gasteiger partial charge in [0.25, 0.3) is 0 Å². The molecule has 0 aliphatic heterocycles. The van der Waals surface area contributed by atoms with Gasteiger partial charge in [0.2, 0.25) is 0 Å².